The van der Waals surface area contributed by atoms with E-state index in [2.05, 4.69) is 50.0 Å². The second-order valence-electron chi connectivity index (χ2n) is 3.55. The van der Waals surface area contributed by atoms with E-state index in [9.17, 15) is 0 Å². The summed E-state index contributed by atoms with van der Waals surface area (Å²) in [7, 11) is -0.705. The largest absolute Gasteiger partial charge is 0.107 e. The third kappa shape index (κ3) is 3.00. The monoisotopic (exact) mass is 202 g/mol. The zero-order chi connectivity index (χ0) is 10.4. The molecule has 0 amide bonds. The molecule has 0 aliphatic heterocycles. The first-order valence-corrected chi connectivity index (χ1v) is 7.44. The van der Waals surface area contributed by atoms with Gasteiger partial charge in [-0.25, -0.2) is 0 Å². The molecule has 1 aromatic carbocycles. The maximum atomic E-state index is 3.91. The molecule has 0 aliphatic carbocycles. The van der Waals surface area contributed by atoms with E-state index in [1.54, 1.807) is 0 Å². The molecule has 0 aromatic heterocycles. The van der Waals surface area contributed by atoms with Crippen LogP contribution in [0.2, 0.25) is 6.04 Å². The summed E-state index contributed by atoms with van der Waals surface area (Å²) in [6.07, 6.45) is 1.88. The average Bonchev–Trinajstić information content (AvgIpc) is 2.26. The van der Waals surface area contributed by atoms with Crippen LogP contribution in [0.4, 0.5) is 0 Å². The molecule has 1 aromatic rings. The van der Waals surface area contributed by atoms with E-state index in [0.29, 0.717) is 0 Å². The zero-order valence-corrected chi connectivity index (χ0v) is 10.0. The minimum Gasteiger partial charge on any atom is -0.107 e. The summed E-state index contributed by atoms with van der Waals surface area (Å²) < 4.78 is 0. The normalized spacial score (nSPS) is 12.1. The van der Waals surface area contributed by atoms with Gasteiger partial charge in [0.1, 0.15) is 0 Å². The number of rotatable bonds is 5. The molecule has 0 fully saturated rings. The average molecular weight is 202 g/mol. The first-order valence-electron chi connectivity index (χ1n) is 5.14. The highest BCUT2D eigenvalue weighted by Crippen LogP contribution is 2.09. The van der Waals surface area contributed by atoms with Gasteiger partial charge in [-0.05, 0) is 11.6 Å². The van der Waals surface area contributed by atoms with Crippen molar-refractivity contribution in [1.29, 1.82) is 0 Å². The maximum absolute atomic E-state index is 3.91. The van der Waals surface area contributed by atoms with Crippen molar-refractivity contribution in [2.75, 3.05) is 0 Å². The summed E-state index contributed by atoms with van der Waals surface area (Å²) in [5.41, 5.74) is 4.82. The van der Waals surface area contributed by atoms with Gasteiger partial charge in [-0.3, -0.25) is 0 Å². The lowest BCUT2D eigenvalue weighted by Gasteiger charge is -2.07. The van der Waals surface area contributed by atoms with Crippen molar-refractivity contribution in [2.24, 2.45) is 0 Å². The smallest absolute Gasteiger partial charge is 0.0647 e. The fourth-order valence-electron chi connectivity index (χ4n) is 1.49. The van der Waals surface area contributed by atoms with Crippen molar-refractivity contribution in [2.45, 2.75) is 19.0 Å². The Hall–Kier alpha value is -1.08. The molecule has 1 heteroatoms. The Bertz CT molecular complexity index is 298. The van der Waals surface area contributed by atoms with Gasteiger partial charge in [0.25, 0.3) is 0 Å². The van der Waals surface area contributed by atoms with Crippen molar-refractivity contribution in [1.82, 2.24) is 0 Å². The van der Waals surface area contributed by atoms with Crippen molar-refractivity contribution < 1.29 is 0 Å². The van der Waals surface area contributed by atoms with E-state index in [0.717, 1.165) is 0 Å². The van der Waals surface area contributed by atoms with Crippen LogP contribution in [-0.4, -0.2) is 8.80 Å². The molecule has 74 valence electrons. The van der Waals surface area contributed by atoms with E-state index in [4.69, 9.17) is 0 Å². The van der Waals surface area contributed by atoms with Crippen LogP contribution in [0.3, 0.4) is 0 Å². The van der Waals surface area contributed by atoms with E-state index in [1.165, 1.54) is 23.2 Å². The van der Waals surface area contributed by atoms with Crippen molar-refractivity contribution in [3.8, 4) is 0 Å². The van der Waals surface area contributed by atoms with Gasteiger partial charge < -0.3 is 0 Å². The summed E-state index contributed by atoms with van der Waals surface area (Å²) in [4.78, 5) is 0. The molecule has 0 bridgehead atoms. The molecule has 1 atom stereocenters. The molecule has 0 heterocycles. The lowest BCUT2D eigenvalue weighted by atomic mass is 10.1. The first-order chi connectivity index (χ1) is 6.80. The first kappa shape index (κ1) is 11.0. The summed E-state index contributed by atoms with van der Waals surface area (Å²) in [5, 5.41) is 0. The Morgan fingerprint density at radius 3 is 2.29 bits per heavy atom. The molecule has 1 unspecified atom stereocenters. The van der Waals surface area contributed by atoms with Gasteiger partial charge in [0.2, 0.25) is 0 Å². The highest BCUT2D eigenvalue weighted by atomic mass is 28.3. The van der Waals surface area contributed by atoms with Crippen LogP contribution in [0.15, 0.2) is 43.1 Å². The summed E-state index contributed by atoms with van der Waals surface area (Å²) in [6, 6.07) is 11.2. The summed E-state index contributed by atoms with van der Waals surface area (Å²) in [6.45, 7) is 9.91. The molecule has 14 heavy (non-hydrogen) atoms. The van der Waals surface area contributed by atoms with E-state index >= 15 is 0 Å². The van der Waals surface area contributed by atoms with Gasteiger partial charge in [-0.1, -0.05) is 55.5 Å². The predicted molar refractivity (Wildman–Crippen MR) is 68.1 cm³/mol. The van der Waals surface area contributed by atoms with E-state index < -0.39 is 8.80 Å². The zero-order valence-electron chi connectivity index (χ0n) is 8.87. The van der Waals surface area contributed by atoms with Crippen LogP contribution < -0.4 is 0 Å². The lowest BCUT2D eigenvalue weighted by molar-refractivity contribution is 1.30. The van der Waals surface area contributed by atoms with Crippen molar-refractivity contribution >= 4 is 14.9 Å². The summed E-state index contributed by atoms with van der Waals surface area (Å²) in [5.74, 6) is 0. The fourth-order valence-corrected chi connectivity index (χ4v) is 3.15. The third-order valence-corrected chi connectivity index (χ3v) is 5.28. The van der Waals surface area contributed by atoms with Gasteiger partial charge in [0.15, 0.2) is 0 Å². The molecule has 1 rings (SSSR count). The molecule has 0 spiro atoms. The molecular weight excluding hydrogens is 184 g/mol. The van der Waals surface area contributed by atoms with Crippen LogP contribution in [0.1, 0.15) is 18.1 Å². The Morgan fingerprint density at radius 1 is 1.21 bits per heavy atom. The quantitative estimate of drug-likeness (QED) is 0.642. The fraction of sp³-hybridized carbons (Fsp3) is 0.231. The number of hydrogen-bond donors (Lipinski definition) is 0. The standard InChI is InChI=1S/C13H18Si/c1-4-12-7-9-13(10-8-12)11-14(5-2)6-3/h4-5,7-10,14H,1-2,6,11H2,3H3. The van der Waals surface area contributed by atoms with Gasteiger partial charge in [0.05, 0.1) is 8.80 Å². The van der Waals surface area contributed by atoms with Crippen LogP contribution >= 0.6 is 0 Å². The Balaban J connectivity index is 2.67. The topological polar surface area (TPSA) is 0 Å². The van der Waals surface area contributed by atoms with Gasteiger partial charge in [-0.2, -0.15) is 0 Å². The molecular formula is C13H18Si. The maximum Gasteiger partial charge on any atom is 0.0647 e. The highest BCUT2D eigenvalue weighted by molar-refractivity contribution is 6.63. The number of benzene rings is 1. The van der Waals surface area contributed by atoms with Crippen LogP contribution in [0.5, 0.6) is 0 Å². The van der Waals surface area contributed by atoms with Crippen LogP contribution in [0, 0.1) is 0 Å². The highest BCUT2D eigenvalue weighted by Gasteiger charge is 2.03. The van der Waals surface area contributed by atoms with Crippen molar-refractivity contribution in [3.05, 3.63) is 54.2 Å². The van der Waals surface area contributed by atoms with Gasteiger partial charge >= 0.3 is 0 Å². The SMILES string of the molecule is C=Cc1ccc(C[SiH](C=C)CC)cc1. The minimum absolute atomic E-state index is 0.705. The minimum atomic E-state index is -0.705. The van der Waals surface area contributed by atoms with Gasteiger partial charge in [-0.15, -0.1) is 12.3 Å². The van der Waals surface area contributed by atoms with Gasteiger partial charge in [0, 0.05) is 0 Å². The van der Waals surface area contributed by atoms with E-state index in [1.807, 2.05) is 6.08 Å². The lowest BCUT2D eigenvalue weighted by Crippen LogP contribution is -2.11. The molecule has 0 saturated carbocycles. The Morgan fingerprint density at radius 2 is 1.86 bits per heavy atom. The molecule has 0 aliphatic rings. The molecule has 0 nitrogen and oxygen atoms in total. The molecule has 0 N–H and O–H groups in total. The van der Waals surface area contributed by atoms with Crippen LogP contribution in [-0.2, 0) is 6.04 Å². The van der Waals surface area contributed by atoms with Crippen LogP contribution in [0.25, 0.3) is 6.08 Å². The van der Waals surface area contributed by atoms with Crippen molar-refractivity contribution in [3.63, 3.8) is 0 Å². The Kier molecular flexibility index (Phi) is 4.40. The predicted octanol–water partition coefficient (Wildman–Crippen LogP) is 3.38. The second-order valence-corrected chi connectivity index (χ2v) is 6.77. The second kappa shape index (κ2) is 5.61. The molecule has 0 radical (unpaired) electrons. The van der Waals surface area contributed by atoms with E-state index in [-0.39, 0.29) is 0 Å². The molecule has 0 saturated heterocycles. The summed E-state index contributed by atoms with van der Waals surface area (Å²) >= 11 is 0. The Labute approximate surface area is 88.6 Å². The third-order valence-electron chi connectivity index (χ3n) is 2.57. The number of hydrogen-bond acceptors (Lipinski definition) is 0.